The zero-order valence-electron chi connectivity index (χ0n) is 25.1. The Balaban J connectivity index is 1.72. The molecule has 0 spiro atoms. The van der Waals surface area contributed by atoms with E-state index in [1.54, 1.807) is 7.11 Å². The highest BCUT2D eigenvalue weighted by atomic mass is 19.4. The highest BCUT2D eigenvalue weighted by molar-refractivity contribution is 5.72. The number of methoxy groups -OCH3 is 1. The predicted octanol–water partition coefficient (Wildman–Crippen LogP) is 9.42. The molecule has 4 nitrogen and oxygen atoms in total. The van der Waals surface area contributed by atoms with Gasteiger partial charge in [0.2, 0.25) is 0 Å². The van der Waals surface area contributed by atoms with Gasteiger partial charge in [-0.25, -0.2) is 0 Å². The molecule has 0 unspecified atom stereocenters. The van der Waals surface area contributed by atoms with E-state index in [1.165, 1.54) is 11.1 Å². The Morgan fingerprint density at radius 2 is 1.62 bits per heavy atom. The summed E-state index contributed by atoms with van der Waals surface area (Å²) >= 11 is 0. The van der Waals surface area contributed by atoms with E-state index in [-0.39, 0.29) is 12.3 Å². The van der Waals surface area contributed by atoms with E-state index < -0.39 is 12.6 Å². The lowest BCUT2D eigenvalue weighted by Crippen LogP contribution is -2.16. The molecule has 1 aliphatic carbocycles. The van der Waals surface area contributed by atoms with Gasteiger partial charge in [-0.1, -0.05) is 43.9 Å². The predicted molar refractivity (Wildman–Crippen MR) is 162 cm³/mol. The first-order valence-corrected chi connectivity index (χ1v) is 15.0. The van der Waals surface area contributed by atoms with Crippen LogP contribution in [-0.2, 0) is 16.0 Å². The summed E-state index contributed by atoms with van der Waals surface area (Å²) in [4.78, 5) is 10.8. The van der Waals surface area contributed by atoms with Crippen LogP contribution < -0.4 is 9.47 Å². The van der Waals surface area contributed by atoms with Crippen molar-refractivity contribution in [2.24, 2.45) is 5.92 Å². The maximum absolute atomic E-state index is 12.7. The lowest BCUT2D eigenvalue weighted by Gasteiger charge is -2.29. The van der Waals surface area contributed by atoms with Crippen molar-refractivity contribution in [3.05, 3.63) is 71.8 Å². The number of aryl methyl sites for hydroxylation is 1. The Morgan fingerprint density at radius 3 is 2.24 bits per heavy atom. The van der Waals surface area contributed by atoms with Crippen molar-refractivity contribution in [3.63, 3.8) is 0 Å². The molecule has 0 aliphatic heterocycles. The molecule has 1 saturated carbocycles. The molecule has 0 radical (unpaired) electrons. The molecule has 230 valence electrons. The van der Waals surface area contributed by atoms with Gasteiger partial charge in [0.15, 0.2) is 0 Å². The van der Waals surface area contributed by atoms with Crippen LogP contribution in [0.5, 0.6) is 11.5 Å². The molecular formula is C35H45F3O4. The molecule has 0 bridgehead atoms. The number of carbonyl (C=O) groups excluding carboxylic acids is 1. The summed E-state index contributed by atoms with van der Waals surface area (Å²) < 4.78 is 55.2. The van der Waals surface area contributed by atoms with Gasteiger partial charge in [0.1, 0.15) is 24.4 Å². The fraction of sp³-hybridized carbons (Fsp3) is 0.514. The van der Waals surface area contributed by atoms with Gasteiger partial charge in [-0.2, -0.15) is 13.2 Å². The topological polar surface area (TPSA) is 44.8 Å². The molecule has 2 aromatic carbocycles. The third-order valence-corrected chi connectivity index (χ3v) is 8.10. The third-order valence-electron chi connectivity index (χ3n) is 8.10. The first-order valence-electron chi connectivity index (χ1n) is 15.0. The fourth-order valence-electron chi connectivity index (χ4n) is 5.57. The van der Waals surface area contributed by atoms with Gasteiger partial charge >= 0.3 is 6.18 Å². The molecule has 3 rings (SSSR count). The molecule has 0 amide bonds. The average molecular weight is 587 g/mol. The standard InChI is InChI=1S/C35H45F3O4/c1-5-28-20-30(29-10-8-27(9-11-29)14-16-35(36,37)38)12-13-34(28)31-21-32(23-33(22-31)42-19-18-40-4)41-17-15-25(2)6-7-26(3)24-39/h12-13,20-24,27,29H,2-3,5-11,14-19H2,1,4H3. The van der Waals surface area contributed by atoms with Gasteiger partial charge < -0.3 is 14.2 Å². The Labute approximate surface area is 248 Å². The van der Waals surface area contributed by atoms with Crippen molar-refractivity contribution in [3.8, 4) is 22.6 Å². The highest BCUT2D eigenvalue weighted by Crippen LogP contribution is 2.41. The van der Waals surface area contributed by atoms with E-state index in [4.69, 9.17) is 14.2 Å². The highest BCUT2D eigenvalue weighted by Gasteiger charge is 2.30. The molecule has 42 heavy (non-hydrogen) atoms. The summed E-state index contributed by atoms with van der Waals surface area (Å²) in [5.74, 6) is 1.95. The van der Waals surface area contributed by atoms with E-state index in [0.29, 0.717) is 62.1 Å². The van der Waals surface area contributed by atoms with Crippen molar-refractivity contribution < 1.29 is 32.2 Å². The van der Waals surface area contributed by atoms with Crippen molar-refractivity contribution in [1.82, 2.24) is 0 Å². The van der Waals surface area contributed by atoms with Crippen LogP contribution in [0.2, 0.25) is 0 Å². The minimum absolute atomic E-state index is 0.167. The number of hydrogen-bond donors (Lipinski definition) is 0. The van der Waals surface area contributed by atoms with Crippen molar-refractivity contribution >= 4 is 6.29 Å². The van der Waals surface area contributed by atoms with Crippen LogP contribution in [0.25, 0.3) is 11.1 Å². The summed E-state index contributed by atoms with van der Waals surface area (Å²) in [5.41, 5.74) is 6.16. The Kier molecular flexibility index (Phi) is 13.2. The number of rotatable bonds is 17. The van der Waals surface area contributed by atoms with Crippen LogP contribution >= 0.6 is 0 Å². The maximum atomic E-state index is 12.7. The number of aldehydes is 1. The quantitative estimate of drug-likeness (QED) is 0.0802. The Morgan fingerprint density at radius 1 is 0.929 bits per heavy atom. The van der Waals surface area contributed by atoms with Gasteiger partial charge in [-0.05, 0) is 103 Å². The number of hydrogen-bond acceptors (Lipinski definition) is 4. The van der Waals surface area contributed by atoms with E-state index in [2.05, 4.69) is 38.3 Å². The molecule has 0 aromatic heterocycles. The monoisotopic (exact) mass is 586 g/mol. The van der Waals surface area contributed by atoms with Crippen molar-refractivity contribution in [2.45, 2.75) is 83.2 Å². The summed E-state index contributed by atoms with van der Waals surface area (Å²) in [6.07, 6.45) is 2.67. The fourth-order valence-corrected chi connectivity index (χ4v) is 5.57. The third kappa shape index (κ3) is 11.0. The molecule has 7 heteroatoms. The van der Waals surface area contributed by atoms with Gasteiger partial charge in [-0.3, -0.25) is 4.79 Å². The van der Waals surface area contributed by atoms with Gasteiger partial charge in [0.05, 0.1) is 13.2 Å². The first-order chi connectivity index (χ1) is 20.1. The van der Waals surface area contributed by atoms with Crippen LogP contribution in [0.15, 0.2) is 60.7 Å². The lowest BCUT2D eigenvalue weighted by atomic mass is 9.76. The minimum atomic E-state index is -4.07. The van der Waals surface area contributed by atoms with Crippen molar-refractivity contribution in [1.29, 1.82) is 0 Å². The number of carbonyl (C=O) groups is 1. The van der Waals surface area contributed by atoms with Crippen molar-refractivity contribution in [2.75, 3.05) is 26.9 Å². The largest absolute Gasteiger partial charge is 0.493 e. The second-order valence-electron chi connectivity index (χ2n) is 11.3. The number of ether oxygens (including phenoxy) is 3. The summed E-state index contributed by atoms with van der Waals surface area (Å²) in [5, 5.41) is 0. The zero-order valence-corrected chi connectivity index (χ0v) is 25.1. The molecule has 1 aliphatic rings. The number of benzene rings is 2. The number of halogens is 3. The maximum Gasteiger partial charge on any atom is 0.389 e. The minimum Gasteiger partial charge on any atom is -0.493 e. The molecular weight excluding hydrogens is 541 g/mol. The summed E-state index contributed by atoms with van der Waals surface area (Å²) in [7, 11) is 1.63. The summed E-state index contributed by atoms with van der Waals surface area (Å²) in [6, 6.07) is 12.5. The van der Waals surface area contributed by atoms with E-state index >= 15 is 0 Å². The van der Waals surface area contributed by atoms with Crippen LogP contribution in [0.3, 0.4) is 0 Å². The molecule has 0 heterocycles. The number of alkyl halides is 3. The molecule has 0 N–H and O–H groups in total. The van der Waals surface area contributed by atoms with Crippen LogP contribution in [0, 0.1) is 5.92 Å². The molecule has 1 fully saturated rings. The molecule has 2 aromatic rings. The second kappa shape index (κ2) is 16.5. The molecule has 0 atom stereocenters. The smallest absolute Gasteiger partial charge is 0.389 e. The lowest BCUT2D eigenvalue weighted by molar-refractivity contribution is -0.138. The Bertz CT molecular complexity index is 1180. The van der Waals surface area contributed by atoms with Crippen LogP contribution in [0.1, 0.15) is 81.8 Å². The van der Waals surface area contributed by atoms with Crippen LogP contribution in [0.4, 0.5) is 13.2 Å². The van der Waals surface area contributed by atoms with Gasteiger partial charge in [-0.15, -0.1) is 0 Å². The SMILES string of the molecule is C=C(C=O)CCC(=C)CCOc1cc(OCCOC)cc(-c2ccc(C3CCC(CCC(F)(F)F)CC3)cc2CC)c1. The number of allylic oxidation sites excluding steroid dienone is 1. The van der Waals surface area contributed by atoms with Gasteiger partial charge in [0.25, 0.3) is 0 Å². The summed E-state index contributed by atoms with van der Waals surface area (Å²) in [6.45, 7) is 11.3. The van der Waals surface area contributed by atoms with E-state index in [9.17, 15) is 18.0 Å². The Hall–Kier alpha value is -3.06. The van der Waals surface area contributed by atoms with E-state index in [0.717, 1.165) is 55.1 Å². The zero-order chi connectivity index (χ0) is 30.5. The van der Waals surface area contributed by atoms with Crippen LogP contribution in [-0.4, -0.2) is 39.4 Å². The van der Waals surface area contributed by atoms with Gasteiger partial charge in [0, 0.05) is 26.0 Å². The molecule has 0 saturated heterocycles. The van der Waals surface area contributed by atoms with E-state index in [1.807, 2.05) is 18.2 Å². The first kappa shape index (κ1) is 33.4. The second-order valence-corrected chi connectivity index (χ2v) is 11.3. The average Bonchev–Trinajstić information content (AvgIpc) is 2.98. The normalized spacial score (nSPS) is 17.1.